The molecule has 0 fully saturated rings. The van der Waals surface area contributed by atoms with Crippen LogP contribution in [0.5, 0.6) is 5.75 Å². The van der Waals surface area contributed by atoms with Gasteiger partial charge in [0.2, 0.25) is 0 Å². The third kappa shape index (κ3) is 5.69. The Hall–Kier alpha value is -3.85. The lowest BCUT2D eigenvalue weighted by Crippen LogP contribution is -2.27. The molecule has 0 aliphatic carbocycles. The summed E-state index contributed by atoms with van der Waals surface area (Å²) in [4.78, 5) is 20.1. The van der Waals surface area contributed by atoms with Gasteiger partial charge in [-0.25, -0.2) is 9.78 Å². The number of rotatable bonds is 7. The van der Waals surface area contributed by atoms with Crippen molar-refractivity contribution in [2.75, 3.05) is 25.6 Å². The van der Waals surface area contributed by atoms with Crippen molar-refractivity contribution in [3.8, 4) is 17.0 Å². The number of aromatic amines is 1. The van der Waals surface area contributed by atoms with Crippen LogP contribution in [-0.2, 0) is 9.47 Å². The standard InChI is InChI=1S/C24H27N5O4/c1-24(2,3)33-23(30)29-15-17(14-26-29)20-11-16-13-25-22(12-21(16)28-20)27-18-5-7-19(8-6-18)32-10-9-31-4/h5-8,11-15,28H,9-10H2,1-4H3,(H,25,27). The zero-order valence-electron chi connectivity index (χ0n) is 19.1. The Balaban J connectivity index is 1.46. The Morgan fingerprint density at radius 2 is 1.91 bits per heavy atom. The number of carbonyl (C=O) groups is 1. The van der Waals surface area contributed by atoms with E-state index < -0.39 is 11.7 Å². The van der Waals surface area contributed by atoms with Crippen LogP contribution in [0.4, 0.5) is 16.3 Å². The first kappa shape index (κ1) is 22.3. The summed E-state index contributed by atoms with van der Waals surface area (Å²) in [5.74, 6) is 1.48. The lowest BCUT2D eigenvalue weighted by Gasteiger charge is -2.18. The van der Waals surface area contributed by atoms with Crippen LogP contribution in [0.1, 0.15) is 20.8 Å². The highest BCUT2D eigenvalue weighted by Gasteiger charge is 2.19. The molecular weight excluding hydrogens is 422 g/mol. The summed E-state index contributed by atoms with van der Waals surface area (Å²) in [5, 5.41) is 8.37. The molecule has 9 nitrogen and oxygen atoms in total. The molecule has 0 saturated heterocycles. The average molecular weight is 450 g/mol. The number of pyridine rings is 1. The highest BCUT2D eigenvalue weighted by molar-refractivity contribution is 5.87. The molecule has 0 atom stereocenters. The van der Waals surface area contributed by atoms with Crippen LogP contribution in [0.3, 0.4) is 0 Å². The topological polar surface area (TPSA) is 103 Å². The molecule has 172 valence electrons. The summed E-state index contributed by atoms with van der Waals surface area (Å²) in [6, 6.07) is 11.5. The molecule has 0 aliphatic heterocycles. The van der Waals surface area contributed by atoms with Crippen molar-refractivity contribution in [1.29, 1.82) is 0 Å². The predicted molar refractivity (Wildman–Crippen MR) is 126 cm³/mol. The SMILES string of the molecule is COCCOc1ccc(Nc2cc3[nH]c(-c4cnn(C(=O)OC(C)(C)C)c4)cc3cn2)cc1. The van der Waals surface area contributed by atoms with E-state index in [-0.39, 0.29) is 0 Å². The number of hydrogen-bond donors (Lipinski definition) is 2. The minimum Gasteiger partial charge on any atom is -0.491 e. The maximum absolute atomic E-state index is 12.2. The third-order valence-corrected chi connectivity index (χ3v) is 4.66. The third-order valence-electron chi connectivity index (χ3n) is 4.66. The van der Waals surface area contributed by atoms with Gasteiger partial charge in [0.05, 0.1) is 18.3 Å². The number of carbonyl (C=O) groups excluding carboxylic acids is 1. The molecule has 33 heavy (non-hydrogen) atoms. The van der Waals surface area contributed by atoms with Gasteiger partial charge in [0.25, 0.3) is 0 Å². The molecule has 0 spiro atoms. The molecule has 1 aromatic carbocycles. The molecule has 0 bridgehead atoms. The van der Waals surface area contributed by atoms with Crippen molar-refractivity contribution in [3.05, 3.63) is 55.0 Å². The summed E-state index contributed by atoms with van der Waals surface area (Å²) in [5.41, 5.74) is 2.82. The Morgan fingerprint density at radius 1 is 1.12 bits per heavy atom. The molecule has 0 unspecified atom stereocenters. The van der Waals surface area contributed by atoms with E-state index >= 15 is 0 Å². The van der Waals surface area contributed by atoms with Crippen molar-refractivity contribution >= 4 is 28.5 Å². The zero-order chi connectivity index (χ0) is 23.4. The van der Waals surface area contributed by atoms with E-state index in [2.05, 4.69) is 20.4 Å². The van der Waals surface area contributed by atoms with Crippen LogP contribution in [-0.4, -0.2) is 51.8 Å². The molecule has 3 aromatic heterocycles. The fourth-order valence-electron chi connectivity index (χ4n) is 3.15. The monoisotopic (exact) mass is 449 g/mol. The molecular formula is C24H27N5O4. The van der Waals surface area contributed by atoms with Gasteiger partial charge in [0.15, 0.2) is 0 Å². The van der Waals surface area contributed by atoms with E-state index in [0.29, 0.717) is 19.0 Å². The molecule has 2 N–H and O–H groups in total. The molecule has 9 heteroatoms. The van der Waals surface area contributed by atoms with Gasteiger partial charge in [-0.1, -0.05) is 0 Å². The van der Waals surface area contributed by atoms with E-state index in [1.165, 1.54) is 4.68 Å². The minimum atomic E-state index is -0.587. The molecule has 0 aliphatic rings. The Morgan fingerprint density at radius 3 is 2.64 bits per heavy atom. The number of nitrogens with one attached hydrogen (secondary N) is 2. The van der Waals surface area contributed by atoms with Crippen molar-refractivity contribution in [2.45, 2.75) is 26.4 Å². The van der Waals surface area contributed by atoms with E-state index in [4.69, 9.17) is 14.2 Å². The number of hydrogen-bond acceptors (Lipinski definition) is 7. The van der Waals surface area contributed by atoms with Crippen molar-refractivity contribution in [2.24, 2.45) is 0 Å². The Kier molecular flexibility index (Phi) is 6.32. The van der Waals surface area contributed by atoms with Crippen molar-refractivity contribution in [1.82, 2.24) is 19.7 Å². The molecule has 4 aromatic rings. The Bertz CT molecular complexity index is 1240. The lowest BCUT2D eigenvalue weighted by atomic mass is 10.2. The van der Waals surface area contributed by atoms with Gasteiger partial charge in [-0.2, -0.15) is 9.78 Å². The maximum Gasteiger partial charge on any atom is 0.435 e. The number of aromatic nitrogens is 4. The van der Waals surface area contributed by atoms with E-state index in [0.717, 1.165) is 33.6 Å². The van der Waals surface area contributed by atoms with Gasteiger partial charge in [-0.05, 0) is 51.1 Å². The number of fused-ring (bicyclic) bond motifs is 1. The first-order valence-corrected chi connectivity index (χ1v) is 10.6. The molecule has 3 heterocycles. The number of anilines is 2. The summed E-state index contributed by atoms with van der Waals surface area (Å²) in [6.45, 7) is 6.50. The maximum atomic E-state index is 12.2. The number of H-pyrrole nitrogens is 1. The van der Waals surface area contributed by atoms with Gasteiger partial charge in [0, 0.05) is 47.9 Å². The summed E-state index contributed by atoms with van der Waals surface area (Å²) in [6.07, 6.45) is 4.53. The smallest absolute Gasteiger partial charge is 0.435 e. The van der Waals surface area contributed by atoms with Crippen LogP contribution in [0, 0.1) is 0 Å². The van der Waals surface area contributed by atoms with E-state index in [1.54, 1.807) is 25.7 Å². The molecule has 0 amide bonds. The fourth-order valence-corrected chi connectivity index (χ4v) is 3.15. The van der Waals surface area contributed by atoms with Gasteiger partial charge >= 0.3 is 6.09 Å². The quantitative estimate of drug-likeness (QED) is 0.384. The zero-order valence-corrected chi connectivity index (χ0v) is 19.1. The summed E-state index contributed by atoms with van der Waals surface area (Å²) >= 11 is 0. The second-order valence-electron chi connectivity index (χ2n) is 8.48. The van der Waals surface area contributed by atoms with Gasteiger partial charge < -0.3 is 24.5 Å². The molecule has 0 radical (unpaired) electrons. The van der Waals surface area contributed by atoms with Gasteiger partial charge in [0.1, 0.15) is 23.8 Å². The molecule has 0 saturated carbocycles. The number of nitrogens with zero attached hydrogens (tertiary/aromatic N) is 3. The average Bonchev–Trinajstić information content (AvgIpc) is 3.41. The second-order valence-corrected chi connectivity index (χ2v) is 8.48. The second kappa shape index (κ2) is 9.33. The number of benzene rings is 1. The van der Waals surface area contributed by atoms with E-state index in [1.807, 2.05) is 57.2 Å². The highest BCUT2D eigenvalue weighted by atomic mass is 16.6. The largest absolute Gasteiger partial charge is 0.491 e. The fraction of sp³-hybridized carbons (Fsp3) is 0.292. The van der Waals surface area contributed by atoms with Crippen LogP contribution in [0.25, 0.3) is 22.2 Å². The minimum absolute atomic E-state index is 0.507. The number of ether oxygens (including phenoxy) is 3. The van der Waals surface area contributed by atoms with Gasteiger partial charge in [-0.3, -0.25) is 0 Å². The highest BCUT2D eigenvalue weighted by Crippen LogP contribution is 2.26. The van der Waals surface area contributed by atoms with Crippen LogP contribution < -0.4 is 10.1 Å². The predicted octanol–water partition coefficient (Wildman–Crippen LogP) is 4.98. The van der Waals surface area contributed by atoms with Crippen LogP contribution in [0.15, 0.2) is 55.0 Å². The van der Waals surface area contributed by atoms with Gasteiger partial charge in [-0.15, -0.1) is 0 Å². The van der Waals surface area contributed by atoms with E-state index in [9.17, 15) is 4.79 Å². The molecule has 4 rings (SSSR count). The van der Waals surface area contributed by atoms with Crippen molar-refractivity contribution < 1.29 is 19.0 Å². The first-order valence-electron chi connectivity index (χ1n) is 10.6. The first-order chi connectivity index (χ1) is 15.8. The van der Waals surface area contributed by atoms with Crippen molar-refractivity contribution in [3.63, 3.8) is 0 Å². The van der Waals surface area contributed by atoms with Crippen LogP contribution in [0.2, 0.25) is 0 Å². The summed E-state index contributed by atoms with van der Waals surface area (Å²) < 4.78 is 17.1. The normalized spacial score (nSPS) is 11.5. The van der Waals surface area contributed by atoms with Crippen LogP contribution >= 0.6 is 0 Å². The summed E-state index contributed by atoms with van der Waals surface area (Å²) in [7, 11) is 1.64. The number of methoxy groups -OCH3 is 1. The lowest BCUT2D eigenvalue weighted by molar-refractivity contribution is 0.0514. The Labute approximate surface area is 191 Å².